The fourth-order valence-corrected chi connectivity index (χ4v) is 3.35. The summed E-state index contributed by atoms with van der Waals surface area (Å²) in [5.74, 6) is 1.44. The first-order valence-corrected chi connectivity index (χ1v) is 9.54. The zero-order valence-electron chi connectivity index (χ0n) is 15.4. The van der Waals surface area contributed by atoms with Gasteiger partial charge >= 0.3 is 0 Å². The Kier molecular flexibility index (Phi) is 6.31. The number of carbonyl (C=O) groups is 2. The monoisotopic (exact) mass is 356 g/mol. The van der Waals surface area contributed by atoms with Crippen LogP contribution in [0, 0.1) is 5.92 Å². The van der Waals surface area contributed by atoms with E-state index in [2.05, 4.69) is 5.32 Å². The highest BCUT2D eigenvalue weighted by atomic mass is 16.5. The SMILES string of the molecule is COc1ccc(C=CC(=O)N2CCCC(CCC(=O)NC3CC3)C2)cc1. The summed E-state index contributed by atoms with van der Waals surface area (Å²) in [5.41, 5.74) is 0.976. The van der Waals surface area contributed by atoms with E-state index in [4.69, 9.17) is 4.74 Å². The van der Waals surface area contributed by atoms with Crippen LogP contribution < -0.4 is 10.1 Å². The number of amides is 2. The van der Waals surface area contributed by atoms with Crippen LogP contribution in [0.2, 0.25) is 0 Å². The smallest absolute Gasteiger partial charge is 0.246 e. The van der Waals surface area contributed by atoms with E-state index in [0.717, 1.165) is 56.5 Å². The lowest BCUT2D eigenvalue weighted by molar-refractivity contribution is -0.127. The summed E-state index contributed by atoms with van der Waals surface area (Å²) in [5, 5.41) is 3.03. The van der Waals surface area contributed by atoms with E-state index in [9.17, 15) is 9.59 Å². The number of methoxy groups -OCH3 is 1. The van der Waals surface area contributed by atoms with Gasteiger partial charge in [-0.15, -0.1) is 0 Å². The molecule has 0 spiro atoms. The third kappa shape index (κ3) is 5.61. The van der Waals surface area contributed by atoms with Gasteiger partial charge in [0.1, 0.15) is 5.75 Å². The number of carbonyl (C=O) groups excluding carboxylic acids is 2. The predicted octanol–water partition coefficient (Wildman–Crippen LogP) is 3.01. The number of benzene rings is 1. The highest BCUT2D eigenvalue weighted by Gasteiger charge is 2.25. The van der Waals surface area contributed by atoms with E-state index in [-0.39, 0.29) is 11.8 Å². The Hall–Kier alpha value is -2.30. The van der Waals surface area contributed by atoms with Crippen LogP contribution in [-0.2, 0) is 9.59 Å². The van der Waals surface area contributed by atoms with Gasteiger partial charge in [-0.1, -0.05) is 12.1 Å². The van der Waals surface area contributed by atoms with Crippen LogP contribution in [0.25, 0.3) is 6.08 Å². The topological polar surface area (TPSA) is 58.6 Å². The quantitative estimate of drug-likeness (QED) is 0.764. The standard InChI is InChI=1S/C21H28N2O3/c1-26-19-10-4-16(5-11-19)7-13-21(25)23-14-2-3-17(15-23)6-12-20(24)22-18-8-9-18/h4-5,7,10-11,13,17-18H,2-3,6,8-9,12,14-15H2,1H3,(H,22,24). The Morgan fingerprint density at radius 1 is 1.23 bits per heavy atom. The van der Waals surface area contributed by atoms with Crippen LogP contribution in [-0.4, -0.2) is 43.0 Å². The molecule has 5 heteroatoms. The Morgan fingerprint density at radius 3 is 2.69 bits per heavy atom. The zero-order chi connectivity index (χ0) is 18.4. The van der Waals surface area contributed by atoms with Crippen LogP contribution in [0.4, 0.5) is 0 Å². The summed E-state index contributed by atoms with van der Waals surface area (Å²) < 4.78 is 5.14. The molecule has 1 aliphatic heterocycles. The van der Waals surface area contributed by atoms with Crippen LogP contribution in [0.1, 0.15) is 44.1 Å². The summed E-state index contributed by atoms with van der Waals surface area (Å²) >= 11 is 0. The van der Waals surface area contributed by atoms with E-state index < -0.39 is 0 Å². The number of piperidine rings is 1. The van der Waals surface area contributed by atoms with E-state index in [1.54, 1.807) is 13.2 Å². The molecule has 3 rings (SSSR count). The molecular formula is C21H28N2O3. The number of nitrogens with one attached hydrogen (secondary N) is 1. The van der Waals surface area contributed by atoms with Crippen LogP contribution in [0.5, 0.6) is 5.75 Å². The zero-order valence-corrected chi connectivity index (χ0v) is 15.4. The van der Waals surface area contributed by atoms with Gasteiger partial charge in [0.2, 0.25) is 11.8 Å². The second-order valence-corrected chi connectivity index (χ2v) is 7.28. The third-order valence-electron chi connectivity index (χ3n) is 5.09. The molecule has 0 bridgehead atoms. The molecule has 140 valence electrons. The Bertz CT molecular complexity index is 650. The second kappa shape index (κ2) is 8.88. The van der Waals surface area contributed by atoms with Crippen molar-refractivity contribution in [2.24, 2.45) is 5.92 Å². The number of ether oxygens (including phenoxy) is 1. The molecule has 0 aromatic heterocycles. The van der Waals surface area contributed by atoms with E-state index in [0.29, 0.717) is 18.4 Å². The lowest BCUT2D eigenvalue weighted by atomic mass is 9.93. The van der Waals surface area contributed by atoms with Gasteiger partial charge in [0.15, 0.2) is 0 Å². The molecule has 1 saturated carbocycles. The molecule has 1 N–H and O–H groups in total. The minimum absolute atomic E-state index is 0.0490. The summed E-state index contributed by atoms with van der Waals surface area (Å²) in [6, 6.07) is 8.05. The Morgan fingerprint density at radius 2 is 2.00 bits per heavy atom. The lowest BCUT2D eigenvalue weighted by Gasteiger charge is -2.32. The molecule has 5 nitrogen and oxygen atoms in total. The number of hydrogen-bond donors (Lipinski definition) is 1. The van der Waals surface area contributed by atoms with Crippen molar-refractivity contribution in [2.45, 2.75) is 44.6 Å². The van der Waals surface area contributed by atoms with Gasteiger partial charge in [0.25, 0.3) is 0 Å². The summed E-state index contributed by atoms with van der Waals surface area (Å²) in [7, 11) is 1.64. The molecule has 0 radical (unpaired) electrons. The predicted molar refractivity (Wildman–Crippen MR) is 102 cm³/mol. The first-order valence-electron chi connectivity index (χ1n) is 9.54. The van der Waals surface area contributed by atoms with Gasteiger partial charge in [0.05, 0.1) is 7.11 Å². The van der Waals surface area contributed by atoms with Crippen molar-refractivity contribution in [3.8, 4) is 5.75 Å². The van der Waals surface area contributed by atoms with Gasteiger partial charge in [-0.2, -0.15) is 0 Å². The van der Waals surface area contributed by atoms with Crippen molar-refractivity contribution in [3.05, 3.63) is 35.9 Å². The van der Waals surface area contributed by atoms with Gasteiger partial charge in [0, 0.05) is 31.6 Å². The number of hydrogen-bond acceptors (Lipinski definition) is 3. The van der Waals surface area contributed by atoms with Gasteiger partial charge < -0.3 is 15.0 Å². The third-order valence-corrected chi connectivity index (χ3v) is 5.09. The van der Waals surface area contributed by atoms with E-state index >= 15 is 0 Å². The lowest BCUT2D eigenvalue weighted by Crippen LogP contribution is -2.39. The number of nitrogens with zero attached hydrogens (tertiary/aromatic N) is 1. The Balaban J connectivity index is 1.45. The van der Waals surface area contributed by atoms with E-state index in [1.807, 2.05) is 35.2 Å². The molecule has 1 unspecified atom stereocenters. The van der Waals surface area contributed by atoms with Crippen LogP contribution in [0.15, 0.2) is 30.3 Å². The summed E-state index contributed by atoms with van der Waals surface area (Å²) in [4.78, 5) is 26.2. The molecule has 1 atom stereocenters. The van der Waals surface area contributed by atoms with Crippen molar-refractivity contribution in [2.75, 3.05) is 20.2 Å². The molecule has 1 saturated heterocycles. The molecule has 1 heterocycles. The van der Waals surface area contributed by atoms with Crippen LogP contribution in [0.3, 0.4) is 0 Å². The molecule has 2 aliphatic rings. The number of rotatable bonds is 7. The molecular weight excluding hydrogens is 328 g/mol. The first kappa shape index (κ1) is 18.5. The van der Waals surface area contributed by atoms with E-state index in [1.165, 1.54) is 0 Å². The largest absolute Gasteiger partial charge is 0.497 e. The van der Waals surface area contributed by atoms with Crippen molar-refractivity contribution in [3.63, 3.8) is 0 Å². The summed E-state index contributed by atoms with van der Waals surface area (Å²) in [6.45, 7) is 1.55. The molecule has 26 heavy (non-hydrogen) atoms. The van der Waals surface area contributed by atoms with Gasteiger partial charge in [-0.3, -0.25) is 9.59 Å². The minimum Gasteiger partial charge on any atom is -0.497 e. The van der Waals surface area contributed by atoms with Crippen molar-refractivity contribution in [1.82, 2.24) is 10.2 Å². The fraction of sp³-hybridized carbons (Fsp3) is 0.524. The molecule has 2 amide bonds. The normalized spacial score (nSPS) is 20.2. The van der Waals surface area contributed by atoms with Gasteiger partial charge in [-0.05, 0) is 61.8 Å². The summed E-state index contributed by atoms with van der Waals surface area (Å²) in [6.07, 6.45) is 9.28. The maximum Gasteiger partial charge on any atom is 0.246 e. The highest BCUT2D eigenvalue weighted by molar-refractivity contribution is 5.91. The second-order valence-electron chi connectivity index (χ2n) is 7.28. The Labute approximate surface area is 155 Å². The first-order chi connectivity index (χ1) is 12.6. The average molecular weight is 356 g/mol. The van der Waals surface area contributed by atoms with Crippen LogP contribution >= 0.6 is 0 Å². The molecule has 1 aromatic rings. The van der Waals surface area contributed by atoms with Crippen molar-refractivity contribution < 1.29 is 14.3 Å². The fourth-order valence-electron chi connectivity index (χ4n) is 3.35. The van der Waals surface area contributed by atoms with Crippen molar-refractivity contribution >= 4 is 17.9 Å². The van der Waals surface area contributed by atoms with Gasteiger partial charge in [-0.25, -0.2) is 0 Å². The number of likely N-dealkylation sites (tertiary alicyclic amines) is 1. The minimum atomic E-state index is 0.0490. The maximum absolute atomic E-state index is 12.5. The maximum atomic E-state index is 12.5. The average Bonchev–Trinajstić information content (AvgIpc) is 3.49. The molecule has 2 fully saturated rings. The van der Waals surface area contributed by atoms with Crippen molar-refractivity contribution in [1.29, 1.82) is 0 Å². The molecule has 1 aliphatic carbocycles. The highest BCUT2D eigenvalue weighted by Crippen LogP contribution is 2.23. The molecule has 1 aromatic carbocycles.